The Hall–Kier alpha value is -3.65. The molecule has 2 unspecified atom stereocenters. The number of benzene rings is 2. The van der Waals surface area contributed by atoms with Gasteiger partial charge in [0.2, 0.25) is 11.8 Å². The van der Waals surface area contributed by atoms with Crippen LogP contribution in [0.5, 0.6) is 0 Å². The summed E-state index contributed by atoms with van der Waals surface area (Å²) in [6.45, 7) is 4.65. The second-order valence-corrected chi connectivity index (χ2v) is 8.42. The third kappa shape index (κ3) is 8.26. The van der Waals surface area contributed by atoms with Crippen LogP contribution < -0.4 is 16.0 Å². The first-order chi connectivity index (χ1) is 16.8. The van der Waals surface area contributed by atoms with Crippen molar-refractivity contribution in [1.82, 2.24) is 15.6 Å². The number of anilines is 1. The van der Waals surface area contributed by atoms with Crippen molar-refractivity contribution in [1.29, 1.82) is 0 Å². The van der Waals surface area contributed by atoms with Gasteiger partial charge in [-0.2, -0.15) is 0 Å². The van der Waals surface area contributed by atoms with Crippen molar-refractivity contribution in [3.63, 3.8) is 0 Å². The predicted octanol–water partition coefficient (Wildman–Crippen LogP) is 4.68. The molecule has 0 radical (unpaired) electrons. The van der Waals surface area contributed by atoms with Gasteiger partial charge in [0.25, 0.3) is 0 Å². The molecule has 0 fully saturated rings. The topological polar surface area (TPSA) is 83.1 Å². The summed E-state index contributed by atoms with van der Waals surface area (Å²) in [5.74, 6) is -2.03. The Balaban J connectivity index is 1.55. The van der Waals surface area contributed by atoms with Crippen molar-refractivity contribution in [2.45, 2.75) is 51.7 Å². The van der Waals surface area contributed by atoms with Crippen molar-refractivity contribution in [3.05, 3.63) is 95.2 Å². The molecule has 0 bridgehead atoms. The highest BCUT2D eigenvalue weighted by molar-refractivity contribution is 5.96. The van der Waals surface area contributed by atoms with E-state index in [1.54, 1.807) is 12.3 Å². The van der Waals surface area contributed by atoms with E-state index in [0.717, 1.165) is 30.3 Å². The number of pyridine rings is 1. The summed E-state index contributed by atoms with van der Waals surface area (Å²) in [5, 5.41) is 8.82. The van der Waals surface area contributed by atoms with Crippen LogP contribution in [0.25, 0.3) is 0 Å². The van der Waals surface area contributed by atoms with Crippen LogP contribution in [-0.4, -0.2) is 22.8 Å². The molecule has 0 spiro atoms. The zero-order chi connectivity index (χ0) is 25.2. The fraction of sp³-hybridized carbons (Fsp3) is 0.296. The fourth-order valence-electron chi connectivity index (χ4n) is 3.63. The number of halogens is 2. The molecule has 1 aromatic heterocycles. The summed E-state index contributed by atoms with van der Waals surface area (Å²) in [5.41, 5.74) is 2.35. The van der Waals surface area contributed by atoms with Crippen molar-refractivity contribution in [2.24, 2.45) is 0 Å². The van der Waals surface area contributed by atoms with Gasteiger partial charge in [-0.3, -0.25) is 9.59 Å². The van der Waals surface area contributed by atoms with Gasteiger partial charge in [0, 0.05) is 24.8 Å². The largest absolute Gasteiger partial charge is 0.344 e. The smallest absolute Gasteiger partial charge is 0.248 e. The minimum Gasteiger partial charge on any atom is -0.344 e. The van der Waals surface area contributed by atoms with E-state index >= 15 is 0 Å². The number of rotatable bonds is 11. The molecule has 184 valence electrons. The van der Waals surface area contributed by atoms with Crippen LogP contribution in [0.4, 0.5) is 14.6 Å². The number of aromatic nitrogens is 1. The molecule has 0 saturated carbocycles. The van der Waals surface area contributed by atoms with E-state index in [-0.39, 0.29) is 18.0 Å². The maximum Gasteiger partial charge on any atom is 0.248 e. The molecule has 2 atom stereocenters. The lowest BCUT2D eigenvalue weighted by Crippen LogP contribution is -2.44. The molecule has 3 N–H and O–H groups in total. The highest BCUT2D eigenvalue weighted by Crippen LogP contribution is 2.15. The number of carbonyl (C=O) groups excluding carboxylic acids is 2. The summed E-state index contributed by atoms with van der Waals surface area (Å²) < 4.78 is 26.8. The quantitative estimate of drug-likeness (QED) is 0.372. The van der Waals surface area contributed by atoms with E-state index in [9.17, 15) is 18.4 Å². The number of hydrogen-bond acceptors (Lipinski definition) is 4. The first-order valence-corrected chi connectivity index (χ1v) is 11.6. The summed E-state index contributed by atoms with van der Waals surface area (Å²) >= 11 is 0. The average molecular weight is 481 g/mol. The monoisotopic (exact) mass is 480 g/mol. The minimum atomic E-state index is -0.793. The molecular weight excluding hydrogens is 450 g/mol. The third-order valence-electron chi connectivity index (χ3n) is 5.51. The average Bonchev–Trinajstić information content (AvgIpc) is 2.82. The second kappa shape index (κ2) is 12.7. The van der Waals surface area contributed by atoms with Crippen molar-refractivity contribution in [3.8, 4) is 0 Å². The van der Waals surface area contributed by atoms with E-state index < -0.39 is 29.5 Å². The van der Waals surface area contributed by atoms with Gasteiger partial charge in [-0.25, -0.2) is 13.8 Å². The Morgan fingerprint density at radius 2 is 1.69 bits per heavy atom. The molecule has 3 aromatic rings. The molecule has 2 amide bonds. The minimum absolute atomic E-state index is 0.0623. The van der Waals surface area contributed by atoms with E-state index in [4.69, 9.17) is 0 Å². The van der Waals surface area contributed by atoms with E-state index in [2.05, 4.69) is 33.1 Å². The predicted molar refractivity (Wildman–Crippen MR) is 131 cm³/mol. The molecule has 35 heavy (non-hydrogen) atoms. The Morgan fingerprint density at radius 1 is 0.971 bits per heavy atom. The molecule has 6 nitrogen and oxygen atoms in total. The standard InChI is InChI=1S/C27H30F2N4O2/c1-3-7-24(32-26(34)14-20-12-22(28)15-23(29)13-20)27(35)33-25-11-10-21(17-31-25)18(2)30-16-19-8-5-4-6-9-19/h4-6,8-13,15,17-18,24,30H,3,7,14,16H2,1-2H3,(H,32,34)(H,31,33,35). The molecule has 8 heteroatoms. The van der Waals surface area contributed by atoms with E-state index in [0.29, 0.717) is 18.7 Å². The number of hydrogen-bond donors (Lipinski definition) is 3. The van der Waals surface area contributed by atoms with Gasteiger partial charge in [-0.1, -0.05) is 49.7 Å². The van der Waals surface area contributed by atoms with Crippen LogP contribution in [0.2, 0.25) is 0 Å². The van der Waals surface area contributed by atoms with Crippen LogP contribution in [0.15, 0.2) is 66.9 Å². The molecule has 0 saturated heterocycles. The maximum atomic E-state index is 13.4. The summed E-state index contributed by atoms with van der Waals surface area (Å²) in [4.78, 5) is 29.5. The van der Waals surface area contributed by atoms with Gasteiger partial charge in [-0.15, -0.1) is 0 Å². The van der Waals surface area contributed by atoms with Crippen LogP contribution in [0.1, 0.15) is 49.4 Å². The Kier molecular flexibility index (Phi) is 9.43. The highest BCUT2D eigenvalue weighted by atomic mass is 19.1. The van der Waals surface area contributed by atoms with Crippen LogP contribution in [-0.2, 0) is 22.6 Å². The lowest BCUT2D eigenvalue weighted by Gasteiger charge is -2.18. The zero-order valence-corrected chi connectivity index (χ0v) is 19.9. The maximum absolute atomic E-state index is 13.4. The van der Waals surface area contributed by atoms with Gasteiger partial charge >= 0.3 is 0 Å². The highest BCUT2D eigenvalue weighted by Gasteiger charge is 2.21. The van der Waals surface area contributed by atoms with Crippen molar-refractivity contribution < 1.29 is 18.4 Å². The van der Waals surface area contributed by atoms with Crippen LogP contribution >= 0.6 is 0 Å². The van der Waals surface area contributed by atoms with Gasteiger partial charge in [-0.05, 0) is 48.2 Å². The first kappa shape index (κ1) is 26.0. The number of nitrogens with one attached hydrogen (secondary N) is 3. The first-order valence-electron chi connectivity index (χ1n) is 11.6. The lowest BCUT2D eigenvalue weighted by molar-refractivity contribution is -0.126. The van der Waals surface area contributed by atoms with Gasteiger partial charge in [0.05, 0.1) is 6.42 Å². The fourth-order valence-corrected chi connectivity index (χ4v) is 3.63. The zero-order valence-electron chi connectivity index (χ0n) is 19.9. The van der Waals surface area contributed by atoms with Crippen molar-refractivity contribution in [2.75, 3.05) is 5.32 Å². The van der Waals surface area contributed by atoms with E-state index in [1.807, 2.05) is 38.1 Å². The summed E-state index contributed by atoms with van der Waals surface area (Å²) in [7, 11) is 0. The van der Waals surface area contributed by atoms with Crippen LogP contribution in [0, 0.1) is 11.6 Å². The molecule has 0 aliphatic carbocycles. The third-order valence-corrected chi connectivity index (χ3v) is 5.51. The van der Waals surface area contributed by atoms with E-state index in [1.165, 1.54) is 5.56 Å². The molecule has 1 heterocycles. The number of nitrogens with zero attached hydrogens (tertiary/aromatic N) is 1. The molecular formula is C27H30F2N4O2. The van der Waals surface area contributed by atoms with Crippen LogP contribution in [0.3, 0.4) is 0 Å². The van der Waals surface area contributed by atoms with Gasteiger partial charge in [0.15, 0.2) is 0 Å². The molecule has 0 aliphatic rings. The van der Waals surface area contributed by atoms with Gasteiger partial charge < -0.3 is 16.0 Å². The SMILES string of the molecule is CCCC(NC(=O)Cc1cc(F)cc(F)c1)C(=O)Nc1ccc(C(C)NCc2ccccc2)cn1. The normalized spacial score (nSPS) is 12.6. The second-order valence-electron chi connectivity index (χ2n) is 8.42. The summed E-state index contributed by atoms with van der Waals surface area (Å²) in [6, 6.07) is 15.9. The number of carbonyl (C=O) groups is 2. The Morgan fingerprint density at radius 3 is 2.31 bits per heavy atom. The number of amides is 2. The molecule has 2 aromatic carbocycles. The molecule has 3 rings (SSSR count). The lowest BCUT2D eigenvalue weighted by atomic mass is 10.1. The summed E-state index contributed by atoms with van der Waals surface area (Å²) in [6.07, 6.45) is 2.53. The Labute approximate surface area is 204 Å². The van der Waals surface area contributed by atoms with Crippen molar-refractivity contribution >= 4 is 17.6 Å². The Bertz CT molecular complexity index is 1100. The van der Waals surface area contributed by atoms with Gasteiger partial charge in [0.1, 0.15) is 23.5 Å². The molecule has 0 aliphatic heterocycles.